The summed E-state index contributed by atoms with van der Waals surface area (Å²) in [5.74, 6) is -1.08. The van der Waals surface area contributed by atoms with Crippen molar-refractivity contribution in [2.45, 2.75) is 25.8 Å². The number of aromatic carboxylic acids is 1. The van der Waals surface area contributed by atoms with Gasteiger partial charge in [0.25, 0.3) is 0 Å². The maximum atomic E-state index is 12.0. The fourth-order valence-corrected chi connectivity index (χ4v) is 3.41. The van der Waals surface area contributed by atoms with Crippen molar-refractivity contribution in [1.82, 2.24) is 10.3 Å². The molecule has 25 heavy (non-hydrogen) atoms. The summed E-state index contributed by atoms with van der Waals surface area (Å²) in [5.41, 5.74) is 1.67. The number of nitrogens with one attached hydrogen (secondary N) is 1. The third-order valence-corrected chi connectivity index (χ3v) is 4.79. The molecule has 130 valence electrons. The van der Waals surface area contributed by atoms with Crippen LogP contribution in [0.5, 0.6) is 0 Å². The van der Waals surface area contributed by atoms with Gasteiger partial charge < -0.3 is 10.4 Å². The number of anilines is 1. The fourth-order valence-electron chi connectivity index (χ4n) is 2.54. The number of amides is 2. The van der Waals surface area contributed by atoms with Gasteiger partial charge in [-0.15, -0.1) is 11.3 Å². The lowest BCUT2D eigenvalue weighted by Crippen LogP contribution is -2.25. The number of benzene rings is 1. The number of hydrogen-bond donors (Lipinski definition) is 2. The molecule has 8 heteroatoms. The highest BCUT2D eigenvalue weighted by Gasteiger charge is 2.24. The first kappa shape index (κ1) is 17.1. The van der Waals surface area contributed by atoms with E-state index in [1.165, 1.54) is 23.5 Å². The topological polar surface area (TPSA) is 99.6 Å². The van der Waals surface area contributed by atoms with Crippen molar-refractivity contribution in [3.05, 3.63) is 46.5 Å². The maximum absolute atomic E-state index is 12.0. The molecule has 0 bridgehead atoms. The molecule has 0 aliphatic carbocycles. The van der Waals surface area contributed by atoms with Gasteiger partial charge in [-0.2, -0.15) is 0 Å². The molecule has 0 unspecified atom stereocenters. The number of thiazole rings is 1. The smallest absolute Gasteiger partial charge is 0.335 e. The molecule has 0 spiro atoms. The predicted octanol–water partition coefficient (Wildman–Crippen LogP) is 1.83. The zero-order valence-corrected chi connectivity index (χ0v) is 14.2. The van der Waals surface area contributed by atoms with E-state index in [4.69, 9.17) is 5.11 Å². The Morgan fingerprint density at radius 3 is 2.68 bits per heavy atom. The highest BCUT2D eigenvalue weighted by atomic mass is 32.1. The summed E-state index contributed by atoms with van der Waals surface area (Å²) in [6.07, 6.45) is 1.54. The molecule has 1 saturated heterocycles. The highest BCUT2D eigenvalue weighted by molar-refractivity contribution is 7.14. The van der Waals surface area contributed by atoms with Gasteiger partial charge in [0.15, 0.2) is 5.13 Å². The van der Waals surface area contributed by atoms with Gasteiger partial charge in [-0.3, -0.25) is 14.5 Å². The molecule has 2 N–H and O–H groups in total. The molecular formula is C17H17N3O4S. The number of hydrogen-bond acceptors (Lipinski definition) is 5. The molecule has 0 atom stereocenters. The average Bonchev–Trinajstić information content (AvgIpc) is 3.22. The van der Waals surface area contributed by atoms with Gasteiger partial charge in [0.2, 0.25) is 11.8 Å². The molecule has 1 aliphatic rings. The third kappa shape index (κ3) is 4.21. The van der Waals surface area contributed by atoms with Crippen LogP contribution in [0.3, 0.4) is 0 Å². The van der Waals surface area contributed by atoms with Gasteiger partial charge in [-0.05, 0) is 24.1 Å². The van der Waals surface area contributed by atoms with Crippen molar-refractivity contribution in [2.24, 2.45) is 0 Å². The Morgan fingerprint density at radius 2 is 2.04 bits per heavy atom. The van der Waals surface area contributed by atoms with E-state index in [2.05, 4.69) is 10.3 Å². The van der Waals surface area contributed by atoms with Gasteiger partial charge in [0, 0.05) is 24.9 Å². The molecule has 0 saturated carbocycles. The summed E-state index contributed by atoms with van der Waals surface area (Å²) in [6, 6.07) is 6.35. The number of carboxylic acids is 1. The highest BCUT2D eigenvalue weighted by Crippen LogP contribution is 2.25. The molecule has 7 nitrogen and oxygen atoms in total. The molecule has 2 amide bonds. The van der Waals surface area contributed by atoms with Gasteiger partial charge >= 0.3 is 5.97 Å². The molecule has 3 rings (SSSR count). The second-order valence-corrected chi connectivity index (χ2v) is 6.56. The van der Waals surface area contributed by atoms with Gasteiger partial charge in [-0.25, -0.2) is 9.78 Å². The van der Waals surface area contributed by atoms with Gasteiger partial charge in [0.05, 0.1) is 17.7 Å². The second-order valence-electron chi connectivity index (χ2n) is 5.73. The fraction of sp³-hybridized carbons (Fsp3) is 0.294. The zero-order chi connectivity index (χ0) is 17.8. The third-order valence-electron chi connectivity index (χ3n) is 3.88. The van der Waals surface area contributed by atoms with Crippen LogP contribution in [0.2, 0.25) is 0 Å². The standard InChI is InChI=1S/C17H17N3O4S/c21-14(18-9-11-3-5-12(6-4-11)16(23)24)8-13-10-25-17(19-13)20-7-1-2-15(20)22/h3-6,10H,1-2,7-9H2,(H,18,21)(H,23,24). The Balaban J connectivity index is 1.51. The Hall–Kier alpha value is -2.74. The first-order valence-electron chi connectivity index (χ1n) is 7.86. The lowest BCUT2D eigenvalue weighted by molar-refractivity contribution is -0.120. The lowest BCUT2D eigenvalue weighted by Gasteiger charge is -2.10. The van der Waals surface area contributed by atoms with E-state index in [9.17, 15) is 14.4 Å². The summed E-state index contributed by atoms with van der Waals surface area (Å²) in [6.45, 7) is 1.00. The van der Waals surface area contributed by atoms with Crippen molar-refractivity contribution in [3.8, 4) is 0 Å². The van der Waals surface area contributed by atoms with Crippen molar-refractivity contribution < 1.29 is 19.5 Å². The van der Waals surface area contributed by atoms with Crippen LogP contribution in [0, 0.1) is 0 Å². The lowest BCUT2D eigenvalue weighted by atomic mass is 10.1. The first-order chi connectivity index (χ1) is 12.0. The molecule has 2 heterocycles. The summed E-state index contributed by atoms with van der Waals surface area (Å²) >= 11 is 1.37. The van der Waals surface area contributed by atoms with E-state index < -0.39 is 5.97 Å². The molecule has 1 fully saturated rings. The van der Waals surface area contributed by atoms with Gasteiger partial charge in [-0.1, -0.05) is 12.1 Å². The quantitative estimate of drug-likeness (QED) is 0.820. The Kier molecular flexibility index (Phi) is 5.08. The van der Waals surface area contributed by atoms with Crippen LogP contribution in [-0.4, -0.2) is 34.4 Å². The van der Waals surface area contributed by atoms with Crippen LogP contribution < -0.4 is 10.2 Å². The molecular weight excluding hydrogens is 342 g/mol. The second kappa shape index (κ2) is 7.43. The Bertz CT molecular complexity index is 800. The summed E-state index contributed by atoms with van der Waals surface area (Å²) in [7, 11) is 0. The van der Waals surface area contributed by atoms with E-state index in [0.29, 0.717) is 30.3 Å². The van der Waals surface area contributed by atoms with Crippen molar-refractivity contribution in [1.29, 1.82) is 0 Å². The minimum absolute atomic E-state index is 0.0789. The number of aromatic nitrogens is 1. The number of carboxylic acid groups (broad SMARTS) is 1. The Labute approximate surface area is 148 Å². The summed E-state index contributed by atoms with van der Waals surface area (Å²) < 4.78 is 0. The minimum Gasteiger partial charge on any atom is -0.478 e. The van der Waals surface area contributed by atoms with Crippen LogP contribution in [0.25, 0.3) is 0 Å². The predicted molar refractivity (Wildman–Crippen MR) is 92.7 cm³/mol. The average molecular weight is 359 g/mol. The van der Waals surface area contributed by atoms with E-state index >= 15 is 0 Å². The van der Waals surface area contributed by atoms with Crippen molar-refractivity contribution >= 4 is 34.3 Å². The number of nitrogens with zero attached hydrogens (tertiary/aromatic N) is 2. The first-order valence-corrected chi connectivity index (χ1v) is 8.74. The molecule has 1 aromatic carbocycles. The van der Waals surface area contributed by atoms with E-state index in [1.807, 2.05) is 0 Å². The summed E-state index contributed by atoms with van der Waals surface area (Å²) in [5, 5.41) is 14.1. The summed E-state index contributed by atoms with van der Waals surface area (Å²) in [4.78, 5) is 40.6. The molecule has 1 aliphatic heterocycles. The molecule has 1 aromatic heterocycles. The van der Waals surface area contributed by atoms with E-state index in [-0.39, 0.29) is 23.8 Å². The molecule has 0 radical (unpaired) electrons. The Morgan fingerprint density at radius 1 is 1.28 bits per heavy atom. The molecule has 2 aromatic rings. The van der Waals surface area contributed by atoms with E-state index in [0.717, 1.165) is 12.0 Å². The maximum Gasteiger partial charge on any atom is 0.335 e. The van der Waals surface area contributed by atoms with Crippen molar-refractivity contribution in [3.63, 3.8) is 0 Å². The largest absolute Gasteiger partial charge is 0.478 e. The van der Waals surface area contributed by atoms with Crippen LogP contribution in [0.1, 0.15) is 34.5 Å². The van der Waals surface area contributed by atoms with Crippen LogP contribution in [0.15, 0.2) is 29.6 Å². The zero-order valence-electron chi connectivity index (χ0n) is 13.4. The SMILES string of the molecule is O=C(Cc1csc(N2CCCC2=O)n1)NCc1ccc(C(=O)O)cc1. The monoisotopic (exact) mass is 359 g/mol. The van der Waals surface area contributed by atoms with Gasteiger partial charge in [0.1, 0.15) is 0 Å². The number of carbonyl (C=O) groups excluding carboxylic acids is 2. The number of rotatable bonds is 6. The normalized spacial score (nSPS) is 13.9. The number of carbonyl (C=O) groups is 3. The van der Waals surface area contributed by atoms with E-state index in [1.54, 1.807) is 22.4 Å². The van der Waals surface area contributed by atoms with Crippen LogP contribution in [0.4, 0.5) is 5.13 Å². The van der Waals surface area contributed by atoms with Crippen LogP contribution >= 0.6 is 11.3 Å². The van der Waals surface area contributed by atoms with Crippen LogP contribution in [-0.2, 0) is 22.6 Å². The minimum atomic E-state index is -0.980. The van der Waals surface area contributed by atoms with Crippen molar-refractivity contribution in [2.75, 3.05) is 11.4 Å².